The second-order valence-electron chi connectivity index (χ2n) is 8.04. The first-order chi connectivity index (χ1) is 16.2. The molecular weight excluding hydrogens is 461 g/mol. The van der Waals surface area contributed by atoms with Gasteiger partial charge in [-0.2, -0.15) is 0 Å². The molecule has 5 nitrogen and oxygen atoms in total. The number of benzene rings is 3. The molecule has 5 rings (SSSR count). The highest BCUT2D eigenvalue weighted by molar-refractivity contribution is 5.95. The quantitative estimate of drug-likeness (QED) is 0.573. The Balaban J connectivity index is 1.63. The highest BCUT2D eigenvalue weighted by atomic mass is 19.1. The van der Waals surface area contributed by atoms with Gasteiger partial charge in [-0.25, -0.2) is 22.0 Å². The number of hydrogen-bond acceptors (Lipinski definition) is 4. The molecule has 3 aromatic rings. The number of fused-ring (bicyclic) bond motifs is 1. The molecule has 0 aromatic heterocycles. The van der Waals surface area contributed by atoms with Crippen LogP contribution < -0.4 is 9.47 Å². The summed E-state index contributed by atoms with van der Waals surface area (Å²) in [5.74, 6) is -8.71. The number of aliphatic hydroxyl groups excluding tert-OH is 1. The molecule has 0 unspecified atom stereocenters. The van der Waals surface area contributed by atoms with Crippen LogP contribution in [0.5, 0.6) is 11.5 Å². The normalized spacial score (nSPS) is 18.4. The maximum atomic E-state index is 14.9. The predicted molar refractivity (Wildman–Crippen MR) is 108 cm³/mol. The molecule has 0 aliphatic carbocycles. The van der Waals surface area contributed by atoms with Gasteiger partial charge >= 0.3 is 5.79 Å². The van der Waals surface area contributed by atoms with Gasteiger partial charge in [-0.05, 0) is 36.8 Å². The summed E-state index contributed by atoms with van der Waals surface area (Å²) in [5.41, 5.74) is -1.30. The number of carbonyl (C=O) groups is 1. The first-order valence-corrected chi connectivity index (χ1v) is 10.3. The van der Waals surface area contributed by atoms with Gasteiger partial charge in [-0.1, -0.05) is 0 Å². The average Bonchev–Trinajstić information content (AvgIpc) is 3.36. The summed E-state index contributed by atoms with van der Waals surface area (Å²) >= 11 is 0. The van der Waals surface area contributed by atoms with E-state index >= 15 is 0 Å². The molecule has 10 heteroatoms. The number of β-amino-alcohol motifs (C(OH)–C–C–N with tert-alkyl or cyclic N) is 1. The third-order valence-electron chi connectivity index (χ3n) is 5.79. The van der Waals surface area contributed by atoms with Crippen molar-refractivity contribution in [3.63, 3.8) is 0 Å². The Kier molecular flexibility index (Phi) is 5.20. The third kappa shape index (κ3) is 3.54. The maximum absolute atomic E-state index is 14.9. The van der Waals surface area contributed by atoms with Gasteiger partial charge < -0.3 is 19.5 Å². The second-order valence-corrected chi connectivity index (χ2v) is 8.04. The van der Waals surface area contributed by atoms with E-state index in [1.807, 2.05) is 0 Å². The van der Waals surface area contributed by atoms with Gasteiger partial charge in [0.1, 0.15) is 29.1 Å². The van der Waals surface area contributed by atoms with Gasteiger partial charge in [-0.3, -0.25) is 4.79 Å². The molecule has 2 aliphatic rings. The lowest BCUT2D eigenvalue weighted by atomic mass is 9.96. The third-order valence-corrected chi connectivity index (χ3v) is 5.79. The standard InChI is InChI=1S/C24H16F5NO4/c25-12-1-3-16(19(28)7-12)24(17-4-2-13(26)8-20(17)29)33-21-9-15(18(27)10-22(21)34-24)23(32)30-6-5-14(31)11-30/h1-4,7-10,14,31H,5-6,11H2/t14-/m0/s1. The summed E-state index contributed by atoms with van der Waals surface area (Å²) in [7, 11) is 0. The van der Waals surface area contributed by atoms with Crippen LogP contribution in [0.25, 0.3) is 0 Å². The van der Waals surface area contributed by atoms with Crippen LogP contribution in [0, 0.1) is 29.1 Å². The van der Waals surface area contributed by atoms with Crippen molar-refractivity contribution in [2.45, 2.75) is 18.3 Å². The fourth-order valence-electron chi connectivity index (χ4n) is 4.16. The van der Waals surface area contributed by atoms with E-state index in [2.05, 4.69) is 0 Å². The minimum atomic E-state index is -2.39. The Hall–Kier alpha value is -3.66. The Morgan fingerprint density at radius 1 is 0.853 bits per heavy atom. The van der Waals surface area contributed by atoms with E-state index in [-0.39, 0.29) is 24.6 Å². The summed E-state index contributed by atoms with van der Waals surface area (Å²) in [6.07, 6.45) is -0.383. The first kappa shape index (κ1) is 22.1. The lowest BCUT2D eigenvalue weighted by molar-refractivity contribution is -0.0516. The number of likely N-dealkylation sites (tertiary alicyclic amines) is 1. The molecule has 34 heavy (non-hydrogen) atoms. The molecule has 0 saturated carbocycles. The molecule has 1 N–H and O–H groups in total. The number of aliphatic hydroxyl groups is 1. The van der Waals surface area contributed by atoms with Crippen molar-refractivity contribution in [2.24, 2.45) is 0 Å². The van der Waals surface area contributed by atoms with Crippen molar-refractivity contribution in [3.8, 4) is 11.5 Å². The van der Waals surface area contributed by atoms with E-state index in [9.17, 15) is 31.9 Å². The smallest absolute Gasteiger partial charge is 0.311 e. The minimum Gasteiger partial charge on any atom is -0.440 e. The number of rotatable bonds is 3. The van der Waals surface area contributed by atoms with Crippen LogP contribution in [-0.4, -0.2) is 35.1 Å². The summed E-state index contributed by atoms with van der Waals surface area (Å²) in [4.78, 5) is 14.0. The molecule has 0 radical (unpaired) electrons. The SMILES string of the molecule is O=C(c1cc2c(cc1F)OC(c1ccc(F)cc1F)(c1ccc(F)cc1F)O2)N1CC[C@H](O)C1. The fourth-order valence-corrected chi connectivity index (χ4v) is 4.16. The largest absolute Gasteiger partial charge is 0.440 e. The molecule has 1 saturated heterocycles. The molecule has 3 aromatic carbocycles. The molecule has 1 amide bonds. The van der Waals surface area contributed by atoms with Crippen molar-refractivity contribution in [1.82, 2.24) is 4.90 Å². The Morgan fingerprint density at radius 3 is 1.91 bits per heavy atom. The number of ether oxygens (including phenoxy) is 2. The van der Waals surface area contributed by atoms with Crippen LogP contribution in [0.2, 0.25) is 0 Å². The van der Waals surface area contributed by atoms with Gasteiger partial charge in [-0.15, -0.1) is 0 Å². The zero-order valence-corrected chi connectivity index (χ0v) is 17.3. The van der Waals surface area contributed by atoms with Gasteiger partial charge in [0.25, 0.3) is 5.91 Å². The van der Waals surface area contributed by atoms with Gasteiger partial charge in [0.05, 0.1) is 22.8 Å². The molecule has 0 bridgehead atoms. The Morgan fingerprint density at radius 2 is 1.41 bits per heavy atom. The van der Waals surface area contributed by atoms with Crippen LogP contribution in [0.4, 0.5) is 22.0 Å². The lowest BCUT2D eigenvalue weighted by Gasteiger charge is -2.29. The monoisotopic (exact) mass is 477 g/mol. The van der Waals surface area contributed by atoms with E-state index in [0.717, 1.165) is 36.4 Å². The summed E-state index contributed by atoms with van der Waals surface area (Å²) in [6.45, 7) is 0.248. The molecule has 2 heterocycles. The number of hydrogen-bond donors (Lipinski definition) is 1. The highest BCUT2D eigenvalue weighted by Gasteiger charge is 2.50. The lowest BCUT2D eigenvalue weighted by Crippen LogP contribution is -2.39. The van der Waals surface area contributed by atoms with E-state index in [1.54, 1.807) is 0 Å². The van der Waals surface area contributed by atoms with Crippen molar-refractivity contribution in [1.29, 1.82) is 0 Å². The first-order valence-electron chi connectivity index (χ1n) is 10.3. The van der Waals surface area contributed by atoms with Gasteiger partial charge in [0.15, 0.2) is 11.5 Å². The second kappa shape index (κ2) is 7.98. The highest BCUT2D eigenvalue weighted by Crippen LogP contribution is 2.49. The topological polar surface area (TPSA) is 59.0 Å². The summed E-state index contributed by atoms with van der Waals surface area (Å²) < 4.78 is 83.2. The molecule has 0 spiro atoms. The van der Waals surface area contributed by atoms with Crippen molar-refractivity contribution in [2.75, 3.05) is 13.1 Å². The van der Waals surface area contributed by atoms with E-state index in [1.165, 1.54) is 4.90 Å². The van der Waals surface area contributed by atoms with E-state index in [0.29, 0.717) is 18.6 Å². The molecule has 1 fully saturated rings. The Bertz CT molecular complexity index is 1260. The molecule has 2 aliphatic heterocycles. The van der Waals surface area contributed by atoms with Gasteiger partial charge in [0.2, 0.25) is 0 Å². The van der Waals surface area contributed by atoms with Crippen LogP contribution in [0.3, 0.4) is 0 Å². The molecule has 1 atom stereocenters. The fraction of sp³-hybridized carbons (Fsp3) is 0.208. The Labute approximate surface area is 189 Å². The number of amides is 1. The zero-order chi connectivity index (χ0) is 24.2. The van der Waals surface area contributed by atoms with Gasteiger partial charge in [0, 0.05) is 31.3 Å². The van der Waals surface area contributed by atoms with Crippen LogP contribution in [0.1, 0.15) is 27.9 Å². The van der Waals surface area contributed by atoms with Crippen molar-refractivity contribution in [3.05, 3.63) is 94.3 Å². The maximum Gasteiger partial charge on any atom is 0.311 e. The van der Waals surface area contributed by atoms with Crippen molar-refractivity contribution >= 4 is 5.91 Å². The summed E-state index contributed by atoms with van der Waals surface area (Å²) in [5, 5.41) is 9.67. The van der Waals surface area contributed by atoms with Crippen LogP contribution in [-0.2, 0) is 5.79 Å². The molecule has 176 valence electrons. The van der Waals surface area contributed by atoms with Crippen LogP contribution in [0.15, 0.2) is 48.5 Å². The minimum absolute atomic E-state index is 0.0260. The zero-order valence-electron chi connectivity index (χ0n) is 17.3. The average molecular weight is 477 g/mol. The van der Waals surface area contributed by atoms with E-state index in [4.69, 9.17) is 9.47 Å². The molecular formula is C24H16F5NO4. The number of halogens is 5. The van der Waals surface area contributed by atoms with E-state index < -0.39 is 63.6 Å². The number of nitrogens with zero attached hydrogens (tertiary/aromatic N) is 1. The van der Waals surface area contributed by atoms with Crippen molar-refractivity contribution < 1.29 is 41.3 Å². The summed E-state index contributed by atoms with van der Waals surface area (Å²) in [6, 6.07) is 6.64. The van der Waals surface area contributed by atoms with Crippen LogP contribution >= 0.6 is 0 Å². The predicted octanol–water partition coefficient (Wildman–Crippen LogP) is 4.26. The number of carbonyl (C=O) groups excluding carboxylic acids is 1.